The van der Waals surface area contributed by atoms with Crippen LogP contribution >= 0.6 is 7.14 Å². The van der Waals surface area contributed by atoms with Crippen molar-refractivity contribution >= 4 is 17.8 Å². The summed E-state index contributed by atoms with van der Waals surface area (Å²) in [4.78, 5) is 0. The number of hydrogen-bond donors (Lipinski definition) is 0. The molecule has 3 aromatic carbocycles. The molecular formula is C25H25O3P. The van der Waals surface area contributed by atoms with Gasteiger partial charge in [0.1, 0.15) is 6.79 Å². The van der Waals surface area contributed by atoms with Crippen molar-refractivity contribution in [3.63, 3.8) is 0 Å². The van der Waals surface area contributed by atoms with E-state index in [4.69, 9.17) is 9.47 Å². The molecule has 1 aliphatic rings. The first kappa shape index (κ1) is 19.8. The molecule has 0 aromatic heterocycles. The van der Waals surface area contributed by atoms with E-state index in [1.807, 2.05) is 78.9 Å². The lowest BCUT2D eigenvalue weighted by Gasteiger charge is -2.24. The summed E-state index contributed by atoms with van der Waals surface area (Å²) >= 11 is 0. The molecule has 0 saturated heterocycles. The van der Waals surface area contributed by atoms with E-state index in [0.29, 0.717) is 6.61 Å². The number of methoxy groups -OCH3 is 1. The van der Waals surface area contributed by atoms with Gasteiger partial charge in [-0.05, 0) is 5.56 Å². The Balaban J connectivity index is 1.87. The van der Waals surface area contributed by atoms with Gasteiger partial charge in [-0.1, -0.05) is 103 Å². The molecule has 3 nitrogen and oxygen atoms in total. The maximum Gasteiger partial charge on any atom is 0.151 e. The normalized spacial score (nSPS) is 21.1. The van der Waals surface area contributed by atoms with Crippen LogP contribution in [0.4, 0.5) is 0 Å². The van der Waals surface area contributed by atoms with Gasteiger partial charge in [-0.25, -0.2) is 0 Å². The molecule has 1 fully saturated rings. The fraction of sp³-hybridized carbons (Fsp3) is 0.200. The van der Waals surface area contributed by atoms with E-state index in [9.17, 15) is 4.57 Å². The zero-order valence-corrected chi connectivity index (χ0v) is 17.4. The Kier molecular flexibility index (Phi) is 5.56. The Morgan fingerprint density at radius 2 is 1.34 bits per heavy atom. The fourth-order valence-electron chi connectivity index (χ4n) is 4.32. The molecular weight excluding hydrogens is 379 g/mol. The Labute approximate surface area is 172 Å². The fourth-order valence-corrected chi connectivity index (χ4v) is 8.05. The van der Waals surface area contributed by atoms with E-state index in [2.05, 4.69) is 18.7 Å². The van der Waals surface area contributed by atoms with E-state index in [1.54, 1.807) is 7.11 Å². The molecule has 0 bridgehead atoms. The van der Waals surface area contributed by atoms with Gasteiger partial charge in [0, 0.05) is 17.7 Å². The number of hydrogen-bond acceptors (Lipinski definition) is 3. The van der Waals surface area contributed by atoms with Gasteiger partial charge < -0.3 is 14.0 Å². The maximum atomic E-state index is 14.9. The lowest BCUT2D eigenvalue weighted by molar-refractivity contribution is -0.0371. The van der Waals surface area contributed by atoms with Crippen LogP contribution in [0.1, 0.15) is 5.56 Å². The molecule has 1 saturated carbocycles. The van der Waals surface area contributed by atoms with Crippen molar-refractivity contribution in [2.45, 2.75) is 11.1 Å². The highest BCUT2D eigenvalue weighted by molar-refractivity contribution is 7.80. The Morgan fingerprint density at radius 3 is 1.83 bits per heavy atom. The standard InChI is InChI=1S/C25H25O3P/c1-20-24(25(20,18-28-19-27-2)21-12-6-3-7-13-21)29(26,22-14-8-4-9-15-22)23-16-10-5-11-17-23/h3-17,24H,1,18-19H2,2H3/t24-,25-/m0/s1. The molecule has 4 heteroatoms. The van der Waals surface area contributed by atoms with Gasteiger partial charge >= 0.3 is 0 Å². The predicted molar refractivity (Wildman–Crippen MR) is 119 cm³/mol. The van der Waals surface area contributed by atoms with Gasteiger partial charge in [0.25, 0.3) is 0 Å². The van der Waals surface area contributed by atoms with E-state index < -0.39 is 12.6 Å². The highest BCUT2D eigenvalue weighted by atomic mass is 31.2. The summed E-state index contributed by atoms with van der Waals surface area (Å²) in [5.41, 5.74) is 1.31. The van der Waals surface area contributed by atoms with Crippen molar-refractivity contribution < 1.29 is 14.0 Å². The molecule has 0 N–H and O–H groups in total. The average Bonchev–Trinajstić information content (AvgIpc) is 3.40. The molecule has 29 heavy (non-hydrogen) atoms. The Hall–Kier alpha value is -2.45. The minimum Gasteiger partial charge on any atom is -0.359 e. The monoisotopic (exact) mass is 404 g/mol. The highest BCUT2D eigenvalue weighted by Gasteiger charge is 2.67. The molecule has 2 atom stereocenters. The third-order valence-electron chi connectivity index (χ3n) is 5.75. The zero-order valence-electron chi connectivity index (χ0n) is 16.5. The maximum absolute atomic E-state index is 14.9. The van der Waals surface area contributed by atoms with Crippen LogP contribution < -0.4 is 10.6 Å². The third kappa shape index (κ3) is 3.30. The van der Waals surface area contributed by atoms with Crippen LogP contribution in [-0.2, 0) is 19.5 Å². The summed E-state index contributed by atoms with van der Waals surface area (Å²) in [7, 11) is -1.39. The van der Waals surface area contributed by atoms with Crippen molar-refractivity contribution in [1.82, 2.24) is 0 Å². The van der Waals surface area contributed by atoms with Crippen molar-refractivity contribution in [1.29, 1.82) is 0 Å². The van der Waals surface area contributed by atoms with Crippen molar-refractivity contribution in [3.05, 3.63) is 109 Å². The minimum absolute atomic E-state index is 0.190. The first-order valence-electron chi connectivity index (χ1n) is 9.68. The molecule has 0 amide bonds. The minimum atomic E-state index is -3.00. The van der Waals surface area contributed by atoms with Gasteiger partial charge in [0.2, 0.25) is 0 Å². The second-order valence-electron chi connectivity index (χ2n) is 7.35. The molecule has 148 valence electrons. The SMILES string of the molecule is C=C1[C@H](P(=O)(c2ccccc2)c2ccccc2)[C@]1(COCOC)c1ccccc1. The summed E-state index contributed by atoms with van der Waals surface area (Å²) in [6, 6.07) is 29.7. The molecule has 3 aromatic rings. The van der Waals surface area contributed by atoms with E-state index in [-0.39, 0.29) is 12.5 Å². The lowest BCUT2D eigenvalue weighted by atomic mass is 9.96. The summed E-state index contributed by atoms with van der Waals surface area (Å²) in [5, 5.41) is 1.70. The number of benzene rings is 3. The molecule has 0 heterocycles. The third-order valence-corrected chi connectivity index (χ3v) is 9.36. The average molecular weight is 404 g/mol. The Morgan fingerprint density at radius 1 is 0.862 bits per heavy atom. The van der Waals surface area contributed by atoms with Gasteiger partial charge in [-0.3, -0.25) is 0 Å². The zero-order chi connectivity index (χ0) is 20.3. The molecule has 0 spiro atoms. The Bertz CT molecular complexity index is 974. The first-order valence-corrected chi connectivity index (χ1v) is 11.5. The van der Waals surface area contributed by atoms with E-state index in [1.165, 1.54) is 0 Å². The van der Waals surface area contributed by atoms with Gasteiger partial charge in [-0.2, -0.15) is 0 Å². The molecule has 0 aliphatic heterocycles. The molecule has 0 radical (unpaired) electrons. The van der Waals surface area contributed by atoms with Crippen molar-refractivity contribution in [3.8, 4) is 0 Å². The van der Waals surface area contributed by atoms with Gasteiger partial charge in [0.05, 0.1) is 17.7 Å². The molecule has 4 rings (SSSR count). The summed E-state index contributed by atoms with van der Waals surface area (Å²) in [6.45, 7) is 4.96. The van der Waals surface area contributed by atoms with Crippen LogP contribution in [0.3, 0.4) is 0 Å². The van der Waals surface area contributed by atoms with Gasteiger partial charge in [-0.15, -0.1) is 0 Å². The second kappa shape index (κ2) is 8.12. The summed E-state index contributed by atoms with van der Waals surface area (Å²) < 4.78 is 25.8. The van der Waals surface area contributed by atoms with Crippen LogP contribution in [0.2, 0.25) is 0 Å². The van der Waals surface area contributed by atoms with Crippen LogP contribution in [0.15, 0.2) is 103 Å². The van der Waals surface area contributed by atoms with Crippen molar-refractivity contribution in [2.24, 2.45) is 0 Å². The van der Waals surface area contributed by atoms with E-state index >= 15 is 0 Å². The van der Waals surface area contributed by atoms with Crippen LogP contribution in [0.5, 0.6) is 0 Å². The smallest absolute Gasteiger partial charge is 0.151 e. The second-order valence-corrected chi connectivity index (χ2v) is 10.2. The molecule has 0 unspecified atom stereocenters. The quantitative estimate of drug-likeness (QED) is 0.240. The number of rotatable bonds is 8. The summed E-state index contributed by atoms with van der Waals surface area (Å²) in [6.07, 6.45) is 0. The first-order chi connectivity index (χ1) is 14.2. The van der Waals surface area contributed by atoms with Gasteiger partial charge in [0.15, 0.2) is 7.14 Å². The predicted octanol–water partition coefficient (Wildman–Crippen LogP) is 4.50. The lowest BCUT2D eigenvalue weighted by Crippen LogP contribution is -2.27. The largest absolute Gasteiger partial charge is 0.359 e. The van der Waals surface area contributed by atoms with Crippen molar-refractivity contribution in [2.75, 3.05) is 20.5 Å². The molecule has 1 aliphatic carbocycles. The van der Waals surface area contributed by atoms with Crippen LogP contribution in [0.25, 0.3) is 0 Å². The van der Waals surface area contributed by atoms with Crippen LogP contribution in [-0.4, -0.2) is 26.2 Å². The van der Waals surface area contributed by atoms with E-state index in [0.717, 1.165) is 21.7 Å². The highest BCUT2D eigenvalue weighted by Crippen LogP contribution is 2.71. The number of ether oxygens (including phenoxy) is 2. The van der Waals surface area contributed by atoms with Crippen LogP contribution in [0, 0.1) is 0 Å². The topological polar surface area (TPSA) is 35.5 Å². The summed E-state index contributed by atoms with van der Waals surface area (Å²) in [5.74, 6) is 0.